The number of alkyl halides is 12. The molecule has 0 aliphatic rings. The summed E-state index contributed by atoms with van der Waals surface area (Å²) in [5, 5.41) is 0. The Hall–Kier alpha value is -2.04. The molecule has 0 aromatic carbocycles. The summed E-state index contributed by atoms with van der Waals surface area (Å²) in [5.74, 6) is -18.5. The van der Waals surface area contributed by atoms with E-state index in [0.717, 1.165) is 0 Å². The number of halogens is 13. The maximum atomic E-state index is 14.7. The largest absolute Gasteiger partial charge is 0.458 e. The fraction of sp³-hybridized carbons (Fsp3) is 0.667. The average molecular weight is 504 g/mol. The summed E-state index contributed by atoms with van der Waals surface area (Å²) in [6.45, 7) is 4.40. The number of rotatable bonds is 10. The first-order valence-corrected chi connectivity index (χ1v) is 7.66. The SMILES string of the molecule is C=CCC(=O)OC(C)(C)C(F)(OC(F)(F)C(F)(OC(F)(F)C(=C)F)C(F)(F)F)C(F)(F)F. The van der Waals surface area contributed by atoms with Crippen LogP contribution in [0.1, 0.15) is 20.3 Å². The molecule has 0 radical (unpaired) electrons. The molecule has 0 aromatic rings. The van der Waals surface area contributed by atoms with Crippen molar-refractivity contribution < 1.29 is 76.1 Å². The number of hydrogen-bond acceptors (Lipinski definition) is 4. The van der Waals surface area contributed by atoms with Crippen LogP contribution < -0.4 is 0 Å². The fourth-order valence-electron chi connectivity index (χ4n) is 1.79. The molecule has 0 aliphatic heterocycles. The van der Waals surface area contributed by atoms with E-state index in [1.54, 1.807) is 6.58 Å². The Bertz CT molecular complexity index is 728. The highest BCUT2D eigenvalue weighted by molar-refractivity contribution is 5.71. The van der Waals surface area contributed by atoms with Crippen molar-refractivity contribution in [2.75, 3.05) is 0 Å². The molecular weight excluding hydrogens is 491 g/mol. The predicted molar refractivity (Wildman–Crippen MR) is 77.1 cm³/mol. The molecule has 0 saturated carbocycles. The normalized spacial score (nSPS) is 17.8. The minimum absolute atomic E-state index is 0.121. The standard InChI is InChI=1S/C15H13F13O4/c1-5-6-8(29)30-9(3,4)11(19,13(21,22)23)32-15(27,28)12(20,14(24,25)26)31-10(17,18)7(2)16/h5H,1-2,6H2,3-4H3. The van der Waals surface area contributed by atoms with E-state index in [1.165, 1.54) is 0 Å². The number of carbonyl (C=O) groups excluding carboxylic acids is 1. The van der Waals surface area contributed by atoms with Crippen LogP contribution in [-0.4, -0.2) is 47.8 Å². The van der Waals surface area contributed by atoms with E-state index < -0.39 is 60.1 Å². The van der Waals surface area contributed by atoms with E-state index >= 15 is 0 Å². The van der Waals surface area contributed by atoms with Crippen molar-refractivity contribution in [3.63, 3.8) is 0 Å². The van der Waals surface area contributed by atoms with Gasteiger partial charge in [0.15, 0.2) is 11.4 Å². The summed E-state index contributed by atoms with van der Waals surface area (Å²) >= 11 is 0. The van der Waals surface area contributed by atoms with Gasteiger partial charge in [-0.15, -0.1) is 6.58 Å². The fourth-order valence-corrected chi connectivity index (χ4v) is 1.79. The van der Waals surface area contributed by atoms with Crippen molar-refractivity contribution in [3.8, 4) is 0 Å². The van der Waals surface area contributed by atoms with E-state index in [0.29, 0.717) is 6.08 Å². The third-order valence-electron chi connectivity index (χ3n) is 3.41. The molecule has 0 fully saturated rings. The van der Waals surface area contributed by atoms with E-state index in [4.69, 9.17) is 0 Å². The van der Waals surface area contributed by atoms with E-state index in [2.05, 4.69) is 20.8 Å². The minimum Gasteiger partial charge on any atom is -0.453 e. The van der Waals surface area contributed by atoms with Crippen LogP contribution in [0.4, 0.5) is 57.1 Å². The van der Waals surface area contributed by atoms with Crippen molar-refractivity contribution in [2.24, 2.45) is 0 Å². The second kappa shape index (κ2) is 8.72. The summed E-state index contributed by atoms with van der Waals surface area (Å²) in [6.07, 6.45) is -27.9. The number of ether oxygens (including phenoxy) is 3. The Morgan fingerprint density at radius 3 is 1.53 bits per heavy atom. The third-order valence-corrected chi connectivity index (χ3v) is 3.41. The predicted octanol–water partition coefficient (Wildman–Crippen LogP) is 6.04. The summed E-state index contributed by atoms with van der Waals surface area (Å²) in [5.41, 5.74) is -3.98. The highest BCUT2D eigenvalue weighted by Crippen LogP contribution is 2.55. The van der Waals surface area contributed by atoms with Gasteiger partial charge in [-0.2, -0.15) is 52.7 Å². The molecule has 0 heterocycles. The Morgan fingerprint density at radius 2 is 1.22 bits per heavy atom. The van der Waals surface area contributed by atoms with Crippen molar-refractivity contribution in [1.29, 1.82) is 0 Å². The topological polar surface area (TPSA) is 44.8 Å². The molecule has 0 aliphatic carbocycles. The van der Waals surface area contributed by atoms with Gasteiger partial charge >= 0.3 is 42.2 Å². The van der Waals surface area contributed by atoms with Gasteiger partial charge in [0.2, 0.25) is 0 Å². The monoisotopic (exact) mass is 504 g/mol. The maximum Gasteiger partial charge on any atom is 0.458 e. The van der Waals surface area contributed by atoms with Crippen LogP contribution in [0.25, 0.3) is 0 Å². The Kier molecular flexibility index (Phi) is 8.16. The van der Waals surface area contributed by atoms with E-state index in [9.17, 15) is 61.9 Å². The van der Waals surface area contributed by atoms with Gasteiger partial charge < -0.3 is 4.74 Å². The van der Waals surface area contributed by atoms with Crippen LogP contribution in [-0.2, 0) is 19.0 Å². The van der Waals surface area contributed by atoms with Crippen molar-refractivity contribution in [2.45, 2.75) is 62.1 Å². The molecular formula is C15H13F13O4. The lowest BCUT2D eigenvalue weighted by molar-refractivity contribution is -0.537. The van der Waals surface area contributed by atoms with Crippen LogP contribution in [0.5, 0.6) is 0 Å². The van der Waals surface area contributed by atoms with Gasteiger partial charge in [0.05, 0.1) is 6.42 Å². The first-order chi connectivity index (χ1) is 13.8. The second-order valence-corrected chi connectivity index (χ2v) is 6.31. The summed E-state index contributed by atoms with van der Waals surface area (Å²) in [6, 6.07) is 0. The van der Waals surface area contributed by atoms with Gasteiger partial charge in [0, 0.05) is 0 Å². The number of esters is 1. The van der Waals surface area contributed by atoms with Gasteiger partial charge in [-0.25, -0.2) is 4.39 Å². The second-order valence-electron chi connectivity index (χ2n) is 6.31. The quantitative estimate of drug-likeness (QED) is 0.207. The summed E-state index contributed by atoms with van der Waals surface area (Å²) < 4.78 is 182. The van der Waals surface area contributed by atoms with Crippen LogP contribution in [0.15, 0.2) is 25.1 Å². The van der Waals surface area contributed by atoms with Crippen LogP contribution in [0, 0.1) is 0 Å². The first kappa shape index (κ1) is 30.0. The van der Waals surface area contributed by atoms with Gasteiger partial charge in [-0.3, -0.25) is 14.3 Å². The zero-order valence-electron chi connectivity index (χ0n) is 15.7. The summed E-state index contributed by atoms with van der Waals surface area (Å²) in [7, 11) is 0. The third kappa shape index (κ3) is 5.65. The zero-order valence-corrected chi connectivity index (χ0v) is 15.7. The van der Waals surface area contributed by atoms with E-state index in [1.807, 2.05) is 0 Å². The number of carbonyl (C=O) groups is 1. The molecule has 17 heteroatoms. The Labute approximate surface area is 170 Å². The van der Waals surface area contributed by atoms with Crippen molar-refractivity contribution in [3.05, 3.63) is 25.1 Å². The summed E-state index contributed by atoms with van der Waals surface area (Å²) in [4.78, 5) is 11.3. The molecule has 0 spiro atoms. The molecule has 0 rings (SSSR count). The highest BCUT2D eigenvalue weighted by atomic mass is 19.4. The average Bonchev–Trinajstić information content (AvgIpc) is 2.50. The smallest absolute Gasteiger partial charge is 0.453 e. The van der Waals surface area contributed by atoms with Crippen LogP contribution in [0.2, 0.25) is 0 Å². The molecule has 0 bridgehead atoms. The molecule has 0 N–H and O–H groups in total. The maximum absolute atomic E-state index is 14.7. The van der Waals surface area contributed by atoms with Gasteiger partial charge in [-0.1, -0.05) is 12.7 Å². The molecule has 2 atom stereocenters. The Balaban J connectivity index is 6.67. The van der Waals surface area contributed by atoms with Crippen molar-refractivity contribution in [1.82, 2.24) is 0 Å². The lowest BCUT2D eigenvalue weighted by atomic mass is 9.97. The number of hydrogen-bond donors (Lipinski definition) is 0. The minimum atomic E-state index is -7.37. The molecule has 0 amide bonds. The van der Waals surface area contributed by atoms with E-state index in [-0.39, 0.29) is 13.8 Å². The molecule has 4 nitrogen and oxygen atoms in total. The molecule has 0 aromatic heterocycles. The lowest BCUT2D eigenvalue weighted by Crippen LogP contribution is -2.68. The van der Waals surface area contributed by atoms with Crippen LogP contribution >= 0.6 is 0 Å². The Morgan fingerprint density at radius 1 is 0.812 bits per heavy atom. The van der Waals surface area contributed by atoms with Crippen molar-refractivity contribution >= 4 is 5.97 Å². The van der Waals surface area contributed by atoms with Gasteiger partial charge in [0.1, 0.15) is 0 Å². The lowest BCUT2D eigenvalue weighted by Gasteiger charge is -2.44. The van der Waals surface area contributed by atoms with Gasteiger partial charge in [0.25, 0.3) is 0 Å². The zero-order chi connectivity index (χ0) is 26.2. The van der Waals surface area contributed by atoms with Gasteiger partial charge in [-0.05, 0) is 13.8 Å². The highest BCUT2D eigenvalue weighted by Gasteiger charge is 2.82. The molecule has 32 heavy (non-hydrogen) atoms. The first-order valence-electron chi connectivity index (χ1n) is 7.66. The molecule has 188 valence electrons. The molecule has 0 saturated heterocycles. The van der Waals surface area contributed by atoms with Crippen LogP contribution in [0.3, 0.4) is 0 Å². The molecule has 2 unspecified atom stereocenters.